The summed E-state index contributed by atoms with van der Waals surface area (Å²) in [5.74, 6) is 0.500. The molecule has 1 aromatic carbocycles. The zero-order valence-electron chi connectivity index (χ0n) is 8.80. The summed E-state index contributed by atoms with van der Waals surface area (Å²) in [4.78, 5) is 0. The summed E-state index contributed by atoms with van der Waals surface area (Å²) in [5, 5.41) is 3.60. The van der Waals surface area contributed by atoms with Gasteiger partial charge in [-0.2, -0.15) is 0 Å². The minimum absolute atomic E-state index is 0.0475. The van der Waals surface area contributed by atoms with Crippen LogP contribution in [0.5, 0.6) is 0 Å². The fraction of sp³-hybridized carbons (Fsp3) is 0.500. The third-order valence-corrected chi connectivity index (χ3v) is 3.07. The Labute approximate surface area is 98.8 Å². The van der Waals surface area contributed by atoms with Crippen molar-refractivity contribution in [3.8, 4) is 0 Å². The highest BCUT2D eigenvalue weighted by molar-refractivity contribution is 6.30. The van der Waals surface area contributed by atoms with Crippen molar-refractivity contribution in [2.45, 2.75) is 25.3 Å². The highest BCUT2D eigenvalue weighted by Crippen LogP contribution is 2.41. The Bertz CT molecular complexity index is 335. The summed E-state index contributed by atoms with van der Waals surface area (Å²) in [7, 11) is 0. The van der Waals surface area contributed by atoms with E-state index in [2.05, 4.69) is 5.32 Å². The van der Waals surface area contributed by atoms with Crippen LogP contribution in [0.3, 0.4) is 0 Å². The van der Waals surface area contributed by atoms with Crippen molar-refractivity contribution in [1.82, 2.24) is 5.32 Å². The molecule has 0 aliphatic heterocycles. The highest BCUT2D eigenvalue weighted by Gasteiger charge is 2.32. The van der Waals surface area contributed by atoms with Gasteiger partial charge in [-0.1, -0.05) is 23.7 Å². The lowest BCUT2D eigenvalue weighted by atomic mass is 10.0. The van der Waals surface area contributed by atoms with Crippen LogP contribution in [-0.2, 0) is 0 Å². The van der Waals surface area contributed by atoms with Crippen molar-refractivity contribution in [1.29, 1.82) is 0 Å². The van der Waals surface area contributed by atoms with Crippen molar-refractivity contribution in [2.24, 2.45) is 5.92 Å². The first kappa shape index (κ1) is 11.8. The molecule has 0 aromatic heterocycles. The summed E-state index contributed by atoms with van der Waals surface area (Å²) < 4.78 is 24.4. The average molecular weight is 246 g/mol. The van der Waals surface area contributed by atoms with Crippen molar-refractivity contribution in [3.63, 3.8) is 0 Å². The van der Waals surface area contributed by atoms with Crippen LogP contribution in [0.25, 0.3) is 0 Å². The van der Waals surface area contributed by atoms with Crippen LogP contribution in [0, 0.1) is 5.92 Å². The second-order valence-electron chi connectivity index (χ2n) is 4.17. The zero-order valence-corrected chi connectivity index (χ0v) is 9.55. The molecule has 1 unspecified atom stereocenters. The second-order valence-corrected chi connectivity index (χ2v) is 4.60. The third kappa shape index (κ3) is 3.16. The smallest absolute Gasteiger partial charge is 0.250 e. The number of halogens is 3. The van der Waals surface area contributed by atoms with E-state index in [1.165, 1.54) is 0 Å². The number of hydrogen-bond donors (Lipinski definition) is 1. The maximum atomic E-state index is 12.2. The molecule has 0 radical (unpaired) electrons. The van der Waals surface area contributed by atoms with Gasteiger partial charge in [0, 0.05) is 11.1 Å². The van der Waals surface area contributed by atoms with Gasteiger partial charge >= 0.3 is 0 Å². The Morgan fingerprint density at radius 3 is 2.38 bits per heavy atom. The van der Waals surface area contributed by atoms with Gasteiger partial charge in [0.25, 0.3) is 6.43 Å². The SMILES string of the molecule is FC(F)CNC(c1ccc(Cl)cc1)C1CC1. The Balaban J connectivity index is 2.03. The van der Waals surface area contributed by atoms with E-state index in [0.717, 1.165) is 18.4 Å². The molecule has 0 amide bonds. The summed E-state index contributed by atoms with van der Waals surface area (Å²) >= 11 is 5.80. The maximum absolute atomic E-state index is 12.2. The molecule has 16 heavy (non-hydrogen) atoms. The fourth-order valence-electron chi connectivity index (χ4n) is 1.87. The standard InChI is InChI=1S/C12H14ClF2N/c13-10-5-3-9(4-6-10)12(8-1-2-8)16-7-11(14)15/h3-6,8,11-12,16H,1-2,7H2. The first-order valence-corrected chi connectivity index (χ1v) is 5.81. The van der Waals surface area contributed by atoms with E-state index in [-0.39, 0.29) is 12.6 Å². The molecule has 1 atom stereocenters. The molecule has 0 spiro atoms. The summed E-state index contributed by atoms with van der Waals surface area (Å²) in [6, 6.07) is 7.46. The zero-order chi connectivity index (χ0) is 11.5. The van der Waals surface area contributed by atoms with E-state index in [4.69, 9.17) is 11.6 Å². The molecule has 4 heteroatoms. The van der Waals surface area contributed by atoms with Gasteiger partial charge in [0.15, 0.2) is 0 Å². The molecular weight excluding hydrogens is 232 g/mol. The summed E-state index contributed by atoms with van der Waals surface area (Å²) in [5.41, 5.74) is 1.05. The Morgan fingerprint density at radius 1 is 1.25 bits per heavy atom. The molecule has 1 aromatic rings. The average Bonchev–Trinajstić information content (AvgIpc) is 3.04. The number of benzene rings is 1. The van der Waals surface area contributed by atoms with Crippen LogP contribution in [0.2, 0.25) is 5.02 Å². The van der Waals surface area contributed by atoms with E-state index < -0.39 is 6.43 Å². The maximum Gasteiger partial charge on any atom is 0.250 e. The molecule has 1 saturated carbocycles. The van der Waals surface area contributed by atoms with Crippen LogP contribution < -0.4 is 5.32 Å². The summed E-state index contributed by atoms with van der Waals surface area (Å²) in [6.45, 7) is -0.246. The predicted octanol–water partition coefficient (Wildman–Crippen LogP) is 3.65. The van der Waals surface area contributed by atoms with Gasteiger partial charge in [0.1, 0.15) is 0 Å². The van der Waals surface area contributed by atoms with Gasteiger partial charge in [-0.05, 0) is 36.5 Å². The van der Waals surface area contributed by atoms with Crippen molar-refractivity contribution in [2.75, 3.05) is 6.54 Å². The van der Waals surface area contributed by atoms with E-state index in [9.17, 15) is 8.78 Å². The Hall–Kier alpha value is -0.670. The lowest BCUT2D eigenvalue weighted by molar-refractivity contribution is 0.139. The largest absolute Gasteiger partial charge is 0.304 e. The van der Waals surface area contributed by atoms with Crippen LogP contribution >= 0.6 is 11.6 Å². The van der Waals surface area contributed by atoms with Gasteiger partial charge in [0.2, 0.25) is 0 Å². The van der Waals surface area contributed by atoms with Crippen LogP contribution in [0.4, 0.5) is 8.78 Å². The molecule has 1 nitrogen and oxygen atoms in total. The second kappa shape index (κ2) is 5.11. The van der Waals surface area contributed by atoms with Crippen LogP contribution in [0.15, 0.2) is 24.3 Å². The van der Waals surface area contributed by atoms with Gasteiger partial charge in [-0.25, -0.2) is 8.78 Å². The molecule has 1 aliphatic carbocycles. The van der Waals surface area contributed by atoms with Crippen molar-refractivity contribution >= 4 is 11.6 Å². The molecule has 1 fully saturated rings. The van der Waals surface area contributed by atoms with Gasteiger partial charge in [-0.15, -0.1) is 0 Å². The fourth-order valence-corrected chi connectivity index (χ4v) is 2.00. The quantitative estimate of drug-likeness (QED) is 0.835. The molecule has 1 aliphatic rings. The topological polar surface area (TPSA) is 12.0 Å². The minimum atomic E-state index is -2.30. The number of rotatable bonds is 5. The van der Waals surface area contributed by atoms with Crippen molar-refractivity contribution < 1.29 is 8.78 Å². The third-order valence-electron chi connectivity index (χ3n) is 2.81. The molecular formula is C12H14ClF2N. The number of nitrogens with one attached hydrogen (secondary N) is 1. The van der Waals surface area contributed by atoms with E-state index in [1.54, 1.807) is 12.1 Å². The predicted molar refractivity (Wildman–Crippen MR) is 60.9 cm³/mol. The normalized spacial score (nSPS) is 17.8. The van der Waals surface area contributed by atoms with Gasteiger partial charge in [-0.3, -0.25) is 0 Å². The van der Waals surface area contributed by atoms with Crippen molar-refractivity contribution in [3.05, 3.63) is 34.9 Å². The highest BCUT2D eigenvalue weighted by atomic mass is 35.5. The van der Waals surface area contributed by atoms with Gasteiger partial charge in [0.05, 0.1) is 6.54 Å². The molecule has 88 valence electrons. The molecule has 0 heterocycles. The monoisotopic (exact) mass is 245 g/mol. The first-order valence-electron chi connectivity index (χ1n) is 5.44. The van der Waals surface area contributed by atoms with E-state index >= 15 is 0 Å². The number of hydrogen-bond acceptors (Lipinski definition) is 1. The lowest BCUT2D eigenvalue weighted by Crippen LogP contribution is -2.27. The molecule has 0 bridgehead atoms. The lowest BCUT2D eigenvalue weighted by Gasteiger charge is -2.18. The van der Waals surface area contributed by atoms with E-state index in [1.807, 2.05) is 12.1 Å². The van der Waals surface area contributed by atoms with Crippen LogP contribution in [0.1, 0.15) is 24.4 Å². The minimum Gasteiger partial charge on any atom is -0.304 e. The molecule has 1 N–H and O–H groups in total. The van der Waals surface area contributed by atoms with E-state index in [0.29, 0.717) is 10.9 Å². The molecule has 2 rings (SSSR count). The molecule has 0 saturated heterocycles. The Kier molecular flexibility index (Phi) is 3.77. The number of alkyl halides is 2. The summed E-state index contributed by atoms with van der Waals surface area (Å²) in [6.07, 6.45) is -0.0684. The van der Waals surface area contributed by atoms with Gasteiger partial charge < -0.3 is 5.32 Å². The first-order chi connectivity index (χ1) is 7.66. The van der Waals surface area contributed by atoms with Crippen LogP contribution in [-0.4, -0.2) is 13.0 Å². The Morgan fingerprint density at radius 2 is 1.88 bits per heavy atom.